The average Bonchev–Trinajstić information content (AvgIpc) is 2.97. The molecule has 0 aromatic carbocycles. The molecule has 0 saturated heterocycles. The van der Waals surface area contributed by atoms with Gasteiger partial charge in [0.05, 0.1) is 0 Å². The summed E-state index contributed by atoms with van der Waals surface area (Å²) in [5.74, 6) is 0. The summed E-state index contributed by atoms with van der Waals surface area (Å²) >= 11 is 1.94. The van der Waals surface area contributed by atoms with Crippen LogP contribution < -0.4 is 10.9 Å². The van der Waals surface area contributed by atoms with Crippen LogP contribution in [0.1, 0.15) is 21.7 Å². The Labute approximate surface area is 116 Å². The first-order valence-corrected chi connectivity index (χ1v) is 7.61. The highest BCUT2D eigenvalue weighted by Crippen LogP contribution is 2.30. The second kappa shape index (κ2) is 5.72. The van der Waals surface area contributed by atoms with Crippen LogP contribution in [0.25, 0.3) is 0 Å². The van der Waals surface area contributed by atoms with Gasteiger partial charge in [0.1, 0.15) is 0 Å². The molecule has 0 bridgehead atoms. The minimum Gasteiger partial charge on any atom is -0.314 e. The van der Waals surface area contributed by atoms with Crippen molar-refractivity contribution >= 4 is 11.3 Å². The maximum Gasteiger partial charge on any atom is 0.250 e. The molecule has 0 spiro atoms. The number of fused-ring (bicyclic) bond motifs is 1. The van der Waals surface area contributed by atoms with E-state index < -0.39 is 0 Å². The van der Waals surface area contributed by atoms with E-state index in [-0.39, 0.29) is 5.56 Å². The molecule has 2 aromatic rings. The van der Waals surface area contributed by atoms with Crippen molar-refractivity contribution in [2.24, 2.45) is 0 Å². The number of pyridine rings is 1. The monoisotopic (exact) mass is 274 g/mol. The molecule has 19 heavy (non-hydrogen) atoms. The van der Waals surface area contributed by atoms with E-state index in [0.29, 0.717) is 0 Å². The Bertz CT molecular complexity index is 593. The van der Waals surface area contributed by atoms with Crippen LogP contribution in [0.5, 0.6) is 0 Å². The van der Waals surface area contributed by atoms with E-state index in [0.717, 1.165) is 19.6 Å². The van der Waals surface area contributed by atoms with Crippen LogP contribution in [-0.4, -0.2) is 11.1 Å². The summed E-state index contributed by atoms with van der Waals surface area (Å²) in [5, 5.41) is 3.42. The van der Waals surface area contributed by atoms with Gasteiger partial charge in [-0.05, 0) is 37.0 Å². The Morgan fingerprint density at radius 2 is 2.26 bits per heavy atom. The van der Waals surface area contributed by atoms with Crippen molar-refractivity contribution in [1.29, 1.82) is 0 Å². The summed E-state index contributed by atoms with van der Waals surface area (Å²) in [4.78, 5) is 14.5. The Hall–Kier alpha value is -1.39. The zero-order chi connectivity index (χ0) is 13.1. The van der Waals surface area contributed by atoms with E-state index in [2.05, 4.69) is 11.4 Å². The molecule has 1 aliphatic carbocycles. The number of aryl methyl sites for hydroxylation is 2. The third-order valence-electron chi connectivity index (χ3n) is 3.53. The molecule has 3 nitrogen and oxygen atoms in total. The topological polar surface area (TPSA) is 34.0 Å². The van der Waals surface area contributed by atoms with Gasteiger partial charge < -0.3 is 9.88 Å². The summed E-state index contributed by atoms with van der Waals surface area (Å²) in [6.07, 6.45) is 5.68. The molecule has 1 aliphatic rings. The van der Waals surface area contributed by atoms with Crippen molar-refractivity contribution in [2.45, 2.75) is 32.4 Å². The van der Waals surface area contributed by atoms with Crippen LogP contribution in [0, 0.1) is 0 Å². The van der Waals surface area contributed by atoms with Crippen molar-refractivity contribution in [3.63, 3.8) is 0 Å². The first-order valence-electron chi connectivity index (χ1n) is 6.79. The van der Waals surface area contributed by atoms with Crippen LogP contribution in [0.15, 0.2) is 35.3 Å². The fraction of sp³-hybridized carbons (Fsp3) is 0.400. The first-order chi connectivity index (χ1) is 9.33. The molecule has 0 amide bonds. The highest BCUT2D eigenvalue weighted by atomic mass is 32.1. The molecule has 0 atom stereocenters. The second-order valence-corrected chi connectivity index (χ2v) is 6.15. The SMILES string of the molecule is O=c1ccccn1CCNCc1cc2c(s1)CCC2. The lowest BCUT2D eigenvalue weighted by Crippen LogP contribution is -2.25. The highest BCUT2D eigenvalue weighted by molar-refractivity contribution is 7.12. The highest BCUT2D eigenvalue weighted by Gasteiger charge is 2.14. The van der Waals surface area contributed by atoms with E-state index in [1.165, 1.54) is 24.1 Å². The Morgan fingerprint density at radius 3 is 3.11 bits per heavy atom. The molecule has 0 radical (unpaired) electrons. The van der Waals surface area contributed by atoms with Crippen LogP contribution >= 0.6 is 11.3 Å². The second-order valence-electron chi connectivity index (χ2n) is 4.92. The minimum atomic E-state index is 0.0689. The number of aromatic nitrogens is 1. The minimum absolute atomic E-state index is 0.0689. The zero-order valence-corrected chi connectivity index (χ0v) is 11.7. The van der Waals surface area contributed by atoms with E-state index in [9.17, 15) is 4.79 Å². The van der Waals surface area contributed by atoms with Crippen molar-refractivity contribution in [3.8, 4) is 0 Å². The molecule has 2 heterocycles. The third kappa shape index (κ3) is 2.96. The Morgan fingerprint density at radius 1 is 1.32 bits per heavy atom. The van der Waals surface area contributed by atoms with Crippen molar-refractivity contribution < 1.29 is 0 Å². The van der Waals surface area contributed by atoms with Gasteiger partial charge in [0.25, 0.3) is 5.56 Å². The molecule has 0 unspecified atom stereocenters. The van der Waals surface area contributed by atoms with Crippen LogP contribution in [0.3, 0.4) is 0 Å². The lowest BCUT2D eigenvalue weighted by atomic mass is 10.2. The number of hydrogen-bond donors (Lipinski definition) is 1. The molecule has 1 N–H and O–H groups in total. The van der Waals surface area contributed by atoms with E-state index in [4.69, 9.17) is 0 Å². The van der Waals surface area contributed by atoms with Gasteiger partial charge in [-0.15, -0.1) is 11.3 Å². The molecule has 0 saturated carbocycles. The van der Waals surface area contributed by atoms with Gasteiger partial charge in [0.15, 0.2) is 0 Å². The van der Waals surface area contributed by atoms with Gasteiger partial charge in [-0.1, -0.05) is 6.07 Å². The molecular weight excluding hydrogens is 256 g/mol. The summed E-state index contributed by atoms with van der Waals surface area (Å²) in [6.45, 7) is 2.47. The smallest absolute Gasteiger partial charge is 0.250 e. The van der Waals surface area contributed by atoms with E-state index >= 15 is 0 Å². The largest absolute Gasteiger partial charge is 0.314 e. The van der Waals surface area contributed by atoms with E-state index in [1.54, 1.807) is 27.1 Å². The summed E-state index contributed by atoms with van der Waals surface area (Å²) in [5.41, 5.74) is 1.63. The Kier molecular flexibility index (Phi) is 3.80. The Balaban J connectivity index is 1.48. The first kappa shape index (κ1) is 12.6. The van der Waals surface area contributed by atoms with Gasteiger partial charge in [0.2, 0.25) is 0 Å². The van der Waals surface area contributed by atoms with Gasteiger partial charge in [-0.2, -0.15) is 0 Å². The normalized spacial score (nSPS) is 13.7. The standard InChI is InChI=1S/C15H18N2OS/c18-15-6-1-2-8-17(15)9-7-16-11-13-10-12-4-3-5-14(12)19-13/h1-2,6,8,10,16H,3-5,7,9,11H2. The molecule has 100 valence electrons. The summed E-state index contributed by atoms with van der Waals surface area (Å²) in [7, 11) is 0. The zero-order valence-electron chi connectivity index (χ0n) is 10.9. The van der Waals surface area contributed by atoms with Crippen molar-refractivity contribution in [2.75, 3.05) is 6.54 Å². The lowest BCUT2D eigenvalue weighted by Gasteiger charge is -2.06. The molecule has 3 rings (SSSR count). The summed E-state index contributed by atoms with van der Waals surface area (Å²) in [6, 6.07) is 7.61. The van der Waals surface area contributed by atoms with Gasteiger partial charge in [-0.3, -0.25) is 4.79 Å². The third-order valence-corrected chi connectivity index (χ3v) is 4.76. The number of rotatable bonds is 5. The molecular formula is C15H18N2OS. The number of thiophene rings is 1. The van der Waals surface area contributed by atoms with Gasteiger partial charge in [-0.25, -0.2) is 0 Å². The number of hydrogen-bond acceptors (Lipinski definition) is 3. The van der Waals surface area contributed by atoms with Crippen molar-refractivity contribution in [3.05, 3.63) is 56.1 Å². The molecule has 2 aromatic heterocycles. The van der Waals surface area contributed by atoms with E-state index in [1.807, 2.05) is 23.6 Å². The quantitative estimate of drug-likeness (QED) is 0.848. The molecule has 0 aliphatic heterocycles. The number of nitrogens with one attached hydrogen (secondary N) is 1. The molecule has 0 fully saturated rings. The van der Waals surface area contributed by atoms with Gasteiger partial charge >= 0.3 is 0 Å². The fourth-order valence-electron chi connectivity index (χ4n) is 2.53. The van der Waals surface area contributed by atoms with Crippen molar-refractivity contribution in [1.82, 2.24) is 9.88 Å². The molecule has 4 heteroatoms. The predicted molar refractivity (Wildman–Crippen MR) is 78.8 cm³/mol. The van der Waals surface area contributed by atoms with Crippen LogP contribution in [0.2, 0.25) is 0 Å². The fourth-order valence-corrected chi connectivity index (χ4v) is 3.76. The predicted octanol–water partition coefficient (Wildman–Crippen LogP) is 2.19. The number of nitrogens with zero attached hydrogens (tertiary/aromatic N) is 1. The lowest BCUT2D eigenvalue weighted by molar-refractivity contribution is 0.587. The average molecular weight is 274 g/mol. The maximum atomic E-state index is 11.5. The maximum absolute atomic E-state index is 11.5. The van der Waals surface area contributed by atoms with Gasteiger partial charge in [0, 0.05) is 41.7 Å². The summed E-state index contributed by atoms with van der Waals surface area (Å²) < 4.78 is 1.74. The van der Waals surface area contributed by atoms with Crippen LogP contribution in [0.4, 0.5) is 0 Å². The van der Waals surface area contributed by atoms with Crippen LogP contribution in [-0.2, 0) is 25.9 Å².